The summed E-state index contributed by atoms with van der Waals surface area (Å²) in [6.45, 7) is 1.03. The van der Waals surface area contributed by atoms with E-state index in [2.05, 4.69) is 0 Å². The third kappa shape index (κ3) is 2.11. The molecule has 5 heteroatoms. The second-order valence-corrected chi connectivity index (χ2v) is 3.65. The summed E-state index contributed by atoms with van der Waals surface area (Å²) in [4.78, 5) is 0. The van der Waals surface area contributed by atoms with Crippen molar-refractivity contribution in [2.24, 2.45) is 5.73 Å². The van der Waals surface area contributed by atoms with Crippen LogP contribution in [0.25, 0.3) is 0 Å². The van der Waals surface area contributed by atoms with Gasteiger partial charge in [-0.1, -0.05) is 6.07 Å². The maximum Gasteiger partial charge on any atom is 0.161 e. The van der Waals surface area contributed by atoms with E-state index in [-0.39, 0.29) is 6.54 Å². The van der Waals surface area contributed by atoms with Crippen LogP contribution in [0, 0.1) is 0 Å². The molecule has 0 fully saturated rings. The number of hydrogen-bond donors (Lipinski definition) is 3. The van der Waals surface area contributed by atoms with Crippen molar-refractivity contribution in [3.05, 3.63) is 23.8 Å². The molecule has 0 aliphatic carbocycles. The lowest BCUT2D eigenvalue weighted by atomic mass is 10.0. The van der Waals surface area contributed by atoms with E-state index in [1.165, 1.54) is 0 Å². The summed E-state index contributed by atoms with van der Waals surface area (Å²) in [5.41, 5.74) is 5.85. The van der Waals surface area contributed by atoms with Crippen LogP contribution in [0.4, 0.5) is 0 Å². The van der Waals surface area contributed by atoms with Gasteiger partial charge in [-0.2, -0.15) is 0 Å². The van der Waals surface area contributed by atoms with Crippen LogP contribution < -0.4 is 15.2 Å². The summed E-state index contributed by atoms with van der Waals surface area (Å²) < 4.78 is 10.7. The monoisotopic (exact) mass is 225 g/mol. The van der Waals surface area contributed by atoms with Gasteiger partial charge in [-0.15, -0.1) is 0 Å². The lowest BCUT2D eigenvalue weighted by Crippen LogP contribution is -2.27. The predicted octanol–water partition coefficient (Wildman–Crippen LogP) is -0.189. The van der Waals surface area contributed by atoms with Gasteiger partial charge in [0.1, 0.15) is 19.3 Å². The molecule has 0 saturated heterocycles. The lowest BCUT2D eigenvalue weighted by molar-refractivity contribution is 0.0240. The van der Waals surface area contributed by atoms with Gasteiger partial charge in [-0.3, -0.25) is 0 Å². The molecule has 1 aliphatic heterocycles. The molecule has 2 atom stereocenters. The molecule has 0 amide bonds. The van der Waals surface area contributed by atoms with Crippen molar-refractivity contribution in [3.63, 3.8) is 0 Å². The van der Waals surface area contributed by atoms with Crippen LogP contribution in [0.1, 0.15) is 11.7 Å². The number of rotatable bonds is 3. The van der Waals surface area contributed by atoms with Crippen molar-refractivity contribution < 1.29 is 19.7 Å². The first-order valence-electron chi connectivity index (χ1n) is 5.18. The average Bonchev–Trinajstić information content (AvgIpc) is 2.36. The Morgan fingerprint density at radius 3 is 2.56 bits per heavy atom. The van der Waals surface area contributed by atoms with Crippen LogP contribution in [-0.4, -0.2) is 36.1 Å². The van der Waals surface area contributed by atoms with Crippen LogP contribution in [0.3, 0.4) is 0 Å². The second kappa shape index (κ2) is 4.69. The van der Waals surface area contributed by atoms with Gasteiger partial charge in [0.05, 0.1) is 6.10 Å². The zero-order chi connectivity index (χ0) is 11.5. The molecular weight excluding hydrogens is 210 g/mol. The van der Waals surface area contributed by atoms with E-state index in [9.17, 15) is 10.2 Å². The van der Waals surface area contributed by atoms with E-state index in [0.717, 1.165) is 0 Å². The van der Waals surface area contributed by atoms with E-state index in [1.807, 2.05) is 0 Å². The third-order valence-electron chi connectivity index (χ3n) is 2.51. The van der Waals surface area contributed by atoms with Gasteiger partial charge in [-0.25, -0.2) is 0 Å². The minimum absolute atomic E-state index is 0.00953. The Morgan fingerprint density at radius 2 is 1.88 bits per heavy atom. The number of fused-ring (bicyclic) bond motifs is 1. The van der Waals surface area contributed by atoms with Crippen LogP contribution >= 0.6 is 0 Å². The van der Waals surface area contributed by atoms with Crippen molar-refractivity contribution >= 4 is 0 Å². The topological polar surface area (TPSA) is 84.9 Å². The first-order chi connectivity index (χ1) is 7.72. The fraction of sp³-hybridized carbons (Fsp3) is 0.455. The van der Waals surface area contributed by atoms with E-state index in [0.29, 0.717) is 30.3 Å². The summed E-state index contributed by atoms with van der Waals surface area (Å²) in [6, 6.07) is 5.07. The lowest BCUT2D eigenvalue weighted by Gasteiger charge is -2.21. The van der Waals surface area contributed by atoms with E-state index >= 15 is 0 Å². The first-order valence-corrected chi connectivity index (χ1v) is 5.18. The van der Waals surface area contributed by atoms with Crippen molar-refractivity contribution in [1.82, 2.24) is 0 Å². The van der Waals surface area contributed by atoms with Gasteiger partial charge in [0, 0.05) is 6.54 Å². The Bertz CT molecular complexity index is 369. The number of benzene rings is 1. The van der Waals surface area contributed by atoms with Crippen LogP contribution in [0.5, 0.6) is 11.5 Å². The molecule has 0 radical (unpaired) electrons. The summed E-state index contributed by atoms with van der Waals surface area (Å²) in [5, 5.41) is 19.2. The molecule has 0 spiro atoms. The zero-order valence-electron chi connectivity index (χ0n) is 8.80. The Morgan fingerprint density at radius 1 is 1.19 bits per heavy atom. The summed E-state index contributed by atoms with van der Waals surface area (Å²) >= 11 is 0. The third-order valence-corrected chi connectivity index (χ3v) is 2.51. The number of aliphatic hydroxyl groups is 2. The van der Waals surface area contributed by atoms with Gasteiger partial charge in [0.25, 0.3) is 0 Å². The number of ether oxygens (including phenoxy) is 2. The van der Waals surface area contributed by atoms with E-state index in [4.69, 9.17) is 15.2 Å². The Hall–Kier alpha value is -1.30. The van der Waals surface area contributed by atoms with E-state index < -0.39 is 12.2 Å². The molecule has 5 nitrogen and oxygen atoms in total. The molecule has 1 aromatic carbocycles. The molecule has 2 rings (SSSR count). The molecule has 2 unspecified atom stereocenters. The maximum absolute atomic E-state index is 9.76. The smallest absolute Gasteiger partial charge is 0.161 e. The molecule has 1 aromatic rings. The predicted molar refractivity (Wildman–Crippen MR) is 57.5 cm³/mol. The van der Waals surface area contributed by atoms with Gasteiger partial charge in [0.15, 0.2) is 11.5 Å². The van der Waals surface area contributed by atoms with Gasteiger partial charge in [-0.05, 0) is 17.7 Å². The zero-order valence-corrected chi connectivity index (χ0v) is 8.80. The highest BCUT2D eigenvalue weighted by Crippen LogP contribution is 2.33. The highest BCUT2D eigenvalue weighted by atomic mass is 16.6. The molecular formula is C11H15NO4. The Balaban J connectivity index is 2.22. The number of aliphatic hydroxyl groups excluding tert-OH is 2. The molecule has 1 aliphatic rings. The molecule has 16 heavy (non-hydrogen) atoms. The number of nitrogens with two attached hydrogens (primary N) is 1. The van der Waals surface area contributed by atoms with Crippen LogP contribution in [-0.2, 0) is 0 Å². The fourth-order valence-electron chi connectivity index (χ4n) is 1.59. The van der Waals surface area contributed by atoms with E-state index in [1.54, 1.807) is 18.2 Å². The van der Waals surface area contributed by atoms with Crippen LogP contribution in [0.2, 0.25) is 0 Å². The summed E-state index contributed by atoms with van der Waals surface area (Å²) in [7, 11) is 0. The van der Waals surface area contributed by atoms with Gasteiger partial charge < -0.3 is 25.4 Å². The molecule has 0 bridgehead atoms. The van der Waals surface area contributed by atoms with Gasteiger partial charge in [0.2, 0.25) is 0 Å². The summed E-state index contributed by atoms with van der Waals surface area (Å²) in [6.07, 6.45) is -1.97. The largest absolute Gasteiger partial charge is 0.486 e. The SMILES string of the molecule is NCC(O)C(O)c1ccc2c(c1)OCCO2. The highest BCUT2D eigenvalue weighted by Gasteiger charge is 2.20. The van der Waals surface area contributed by atoms with Crippen molar-refractivity contribution in [1.29, 1.82) is 0 Å². The standard InChI is InChI=1S/C11H15NO4/c12-6-8(13)11(14)7-1-2-9-10(5-7)16-4-3-15-9/h1-2,5,8,11,13-14H,3-4,6,12H2. The molecule has 0 aromatic heterocycles. The average molecular weight is 225 g/mol. The van der Waals surface area contributed by atoms with Crippen LogP contribution in [0.15, 0.2) is 18.2 Å². The maximum atomic E-state index is 9.76. The Kier molecular flexibility index (Phi) is 3.28. The number of hydrogen-bond acceptors (Lipinski definition) is 5. The van der Waals surface area contributed by atoms with Crippen molar-refractivity contribution in [2.45, 2.75) is 12.2 Å². The first kappa shape index (κ1) is 11.2. The summed E-state index contributed by atoms with van der Waals surface area (Å²) in [5.74, 6) is 1.25. The molecule has 4 N–H and O–H groups in total. The minimum Gasteiger partial charge on any atom is -0.486 e. The van der Waals surface area contributed by atoms with Gasteiger partial charge >= 0.3 is 0 Å². The minimum atomic E-state index is -0.999. The second-order valence-electron chi connectivity index (χ2n) is 3.65. The quantitative estimate of drug-likeness (QED) is 0.664. The molecule has 0 saturated carbocycles. The highest BCUT2D eigenvalue weighted by molar-refractivity contribution is 5.44. The fourth-order valence-corrected chi connectivity index (χ4v) is 1.59. The molecule has 88 valence electrons. The van der Waals surface area contributed by atoms with Crippen molar-refractivity contribution in [2.75, 3.05) is 19.8 Å². The normalized spacial score (nSPS) is 17.9. The van der Waals surface area contributed by atoms with Crippen molar-refractivity contribution in [3.8, 4) is 11.5 Å². The molecule has 1 heterocycles. The Labute approximate surface area is 93.4 Å².